The Morgan fingerprint density at radius 3 is 2.59 bits per heavy atom. The van der Waals surface area contributed by atoms with E-state index >= 15 is 0 Å². The molecule has 0 bridgehead atoms. The van der Waals surface area contributed by atoms with Crippen LogP contribution in [0.15, 0.2) is 24.5 Å². The summed E-state index contributed by atoms with van der Waals surface area (Å²) in [5, 5.41) is 10.4. The Morgan fingerprint density at radius 2 is 1.94 bits per heavy atom. The maximum absolute atomic E-state index is 13.4. The van der Waals surface area contributed by atoms with E-state index < -0.39 is 0 Å². The third kappa shape index (κ3) is 5.13. The summed E-state index contributed by atoms with van der Waals surface area (Å²) in [5.41, 5.74) is 4.71. The molecule has 2 aliphatic rings. The van der Waals surface area contributed by atoms with Gasteiger partial charge in [-0.3, -0.25) is 14.3 Å². The number of rotatable bonds is 6. The van der Waals surface area contributed by atoms with E-state index in [4.69, 9.17) is 0 Å². The molecule has 1 aromatic heterocycles. The van der Waals surface area contributed by atoms with Crippen molar-refractivity contribution in [3.05, 3.63) is 35.7 Å². The number of nitrogens with one attached hydrogen (secondary N) is 2. The van der Waals surface area contributed by atoms with E-state index in [0.29, 0.717) is 18.2 Å². The van der Waals surface area contributed by atoms with E-state index in [1.165, 1.54) is 32.1 Å². The van der Waals surface area contributed by atoms with Crippen LogP contribution in [-0.2, 0) is 11.8 Å². The molecule has 1 aliphatic heterocycles. The maximum atomic E-state index is 13.4. The number of carbonyl (C=O) groups excluding carboxylic acids is 2. The van der Waals surface area contributed by atoms with Gasteiger partial charge in [-0.05, 0) is 62.3 Å². The number of anilines is 1. The fourth-order valence-electron chi connectivity index (χ4n) is 5.68. The number of piperidine rings is 1. The molecule has 34 heavy (non-hydrogen) atoms. The molecule has 2 N–H and O–H groups in total. The van der Waals surface area contributed by atoms with Gasteiger partial charge in [0, 0.05) is 55.7 Å². The summed E-state index contributed by atoms with van der Waals surface area (Å²) in [6, 6.07) is 4.83. The lowest BCUT2D eigenvalue weighted by atomic mass is 9.84. The number of amides is 2. The lowest BCUT2D eigenvalue weighted by Gasteiger charge is -2.35. The zero-order valence-corrected chi connectivity index (χ0v) is 21.2. The summed E-state index contributed by atoms with van der Waals surface area (Å²) < 4.78 is 1.78. The van der Waals surface area contributed by atoms with Crippen LogP contribution in [0.3, 0.4) is 0 Å². The average molecular weight is 466 g/mol. The van der Waals surface area contributed by atoms with Crippen molar-refractivity contribution in [1.82, 2.24) is 20.4 Å². The second kappa shape index (κ2) is 10.2. The fraction of sp³-hybridized carbons (Fsp3) is 0.593. The first-order valence-electron chi connectivity index (χ1n) is 12.7. The lowest BCUT2D eigenvalue weighted by Crippen LogP contribution is -2.50. The Kier molecular flexibility index (Phi) is 7.29. The molecule has 0 radical (unpaired) electrons. The van der Waals surface area contributed by atoms with Crippen molar-refractivity contribution in [3.63, 3.8) is 0 Å². The van der Waals surface area contributed by atoms with Crippen LogP contribution in [0.4, 0.5) is 5.69 Å². The summed E-state index contributed by atoms with van der Waals surface area (Å²) in [5.74, 6) is -0.0588. The Balaban J connectivity index is 1.62. The zero-order valence-electron chi connectivity index (χ0n) is 21.2. The second-order valence-corrected chi connectivity index (χ2v) is 10.4. The van der Waals surface area contributed by atoms with Crippen molar-refractivity contribution < 1.29 is 9.59 Å². The molecular formula is C27H39N5O2. The van der Waals surface area contributed by atoms with Crippen LogP contribution in [-0.4, -0.2) is 47.3 Å². The monoisotopic (exact) mass is 465 g/mol. The molecule has 7 heteroatoms. The predicted octanol–water partition coefficient (Wildman–Crippen LogP) is 4.05. The molecule has 3 atom stereocenters. The highest BCUT2D eigenvalue weighted by Gasteiger charge is 2.32. The van der Waals surface area contributed by atoms with E-state index in [9.17, 15) is 9.59 Å². The molecule has 184 valence electrons. The molecule has 2 heterocycles. The number of benzene rings is 1. The minimum atomic E-state index is -0.202. The van der Waals surface area contributed by atoms with Crippen molar-refractivity contribution >= 4 is 17.5 Å². The lowest BCUT2D eigenvalue weighted by molar-refractivity contribution is -0.129. The number of hydrogen-bond donors (Lipinski definition) is 2. The summed E-state index contributed by atoms with van der Waals surface area (Å²) in [7, 11) is 4.06. The van der Waals surface area contributed by atoms with E-state index in [1.807, 2.05) is 39.4 Å². The molecule has 3 unspecified atom stereocenters. The van der Waals surface area contributed by atoms with Crippen molar-refractivity contribution in [2.45, 2.75) is 71.4 Å². The van der Waals surface area contributed by atoms with Crippen LogP contribution < -0.4 is 15.5 Å². The van der Waals surface area contributed by atoms with Crippen LogP contribution in [0.1, 0.15) is 68.3 Å². The van der Waals surface area contributed by atoms with Crippen molar-refractivity contribution in [2.24, 2.45) is 18.9 Å². The summed E-state index contributed by atoms with van der Waals surface area (Å²) >= 11 is 0. The number of aromatic nitrogens is 2. The SMILES string of the molecule is Cc1c(C(=O)NCC2C(=O)NC(C)CC2C)cc(-c2cnn(C)c2)cc1N(C)C1CCCCC1. The highest BCUT2D eigenvalue weighted by atomic mass is 16.2. The van der Waals surface area contributed by atoms with Gasteiger partial charge in [-0.2, -0.15) is 5.10 Å². The summed E-state index contributed by atoms with van der Waals surface area (Å²) in [6.07, 6.45) is 10.9. The van der Waals surface area contributed by atoms with Crippen LogP contribution in [0.25, 0.3) is 11.1 Å². The summed E-state index contributed by atoms with van der Waals surface area (Å²) in [4.78, 5) is 28.3. The smallest absolute Gasteiger partial charge is 0.251 e. The van der Waals surface area contributed by atoms with Gasteiger partial charge in [0.1, 0.15) is 0 Å². The van der Waals surface area contributed by atoms with Crippen LogP contribution in [0.5, 0.6) is 0 Å². The first-order valence-corrected chi connectivity index (χ1v) is 12.7. The van der Waals surface area contributed by atoms with Crippen molar-refractivity contribution in [1.29, 1.82) is 0 Å². The second-order valence-electron chi connectivity index (χ2n) is 10.4. The third-order valence-corrected chi connectivity index (χ3v) is 7.79. The van der Waals surface area contributed by atoms with Gasteiger partial charge in [-0.1, -0.05) is 26.2 Å². The number of aryl methyl sites for hydroxylation is 1. The third-order valence-electron chi connectivity index (χ3n) is 7.79. The predicted molar refractivity (Wildman–Crippen MR) is 136 cm³/mol. The molecule has 2 fully saturated rings. The Hall–Kier alpha value is -2.83. The number of hydrogen-bond acceptors (Lipinski definition) is 4. The molecule has 1 aliphatic carbocycles. The average Bonchev–Trinajstić information content (AvgIpc) is 3.24. The van der Waals surface area contributed by atoms with E-state index in [-0.39, 0.29) is 29.7 Å². The van der Waals surface area contributed by atoms with E-state index in [2.05, 4.69) is 40.7 Å². The van der Waals surface area contributed by atoms with Gasteiger partial charge in [0.05, 0.1) is 12.1 Å². The van der Waals surface area contributed by atoms with Crippen molar-refractivity contribution in [3.8, 4) is 11.1 Å². The van der Waals surface area contributed by atoms with Crippen LogP contribution in [0.2, 0.25) is 0 Å². The van der Waals surface area contributed by atoms with Gasteiger partial charge < -0.3 is 15.5 Å². The highest BCUT2D eigenvalue weighted by Crippen LogP contribution is 2.34. The quantitative estimate of drug-likeness (QED) is 0.674. The fourth-order valence-corrected chi connectivity index (χ4v) is 5.68. The molecule has 0 spiro atoms. The zero-order chi connectivity index (χ0) is 24.4. The first kappa shape index (κ1) is 24.3. The van der Waals surface area contributed by atoms with Gasteiger partial charge in [-0.15, -0.1) is 0 Å². The van der Waals surface area contributed by atoms with Gasteiger partial charge in [-0.25, -0.2) is 0 Å². The molecule has 1 saturated carbocycles. The Labute approximate surface area is 203 Å². The Morgan fingerprint density at radius 1 is 1.21 bits per heavy atom. The van der Waals surface area contributed by atoms with Gasteiger partial charge in [0.25, 0.3) is 5.91 Å². The van der Waals surface area contributed by atoms with Crippen LogP contribution in [0, 0.1) is 18.8 Å². The molecule has 2 aromatic rings. The van der Waals surface area contributed by atoms with Gasteiger partial charge >= 0.3 is 0 Å². The molecule has 4 rings (SSSR count). The normalized spacial score (nSPS) is 23.4. The highest BCUT2D eigenvalue weighted by molar-refractivity contribution is 5.99. The standard InChI is InChI=1S/C27H39N5O2/c1-17-11-18(2)30-27(34)24(17)15-28-26(33)23-12-20(21-14-29-31(4)16-21)13-25(19(23)3)32(5)22-9-7-6-8-10-22/h12-14,16-18,22,24H,6-11,15H2,1-5H3,(H,28,33)(H,30,34). The Bertz CT molecular complexity index is 1040. The minimum absolute atomic E-state index is 0.0325. The largest absolute Gasteiger partial charge is 0.371 e. The van der Waals surface area contributed by atoms with Crippen LogP contribution >= 0.6 is 0 Å². The molecule has 1 saturated heterocycles. The number of nitrogens with zero attached hydrogens (tertiary/aromatic N) is 3. The van der Waals surface area contributed by atoms with Gasteiger partial charge in [0.15, 0.2) is 0 Å². The molecule has 7 nitrogen and oxygen atoms in total. The molecule has 1 aromatic carbocycles. The van der Waals surface area contributed by atoms with Gasteiger partial charge in [0.2, 0.25) is 5.91 Å². The van der Waals surface area contributed by atoms with E-state index in [1.54, 1.807) is 4.68 Å². The maximum Gasteiger partial charge on any atom is 0.251 e. The first-order chi connectivity index (χ1) is 16.2. The topological polar surface area (TPSA) is 79.3 Å². The molecule has 2 amide bonds. The number of carbonyl (C=O) groups is 2. The molecular weight excluding hydrogens is 426 g/mol. The van der Waals surface area contributed by atoms with E-state index in [0.717, 1.165) is 28.8 Å². The minimum Gasteiger partial charge on any atom is -0.371 e. The van der Waals surface area contributed by atoms with Crippen molar-refractivity contribution in [2.75, 3.05) is 18.5 Å². The summed E-state index contributed by atoms with van der Waals surface area (Å²) in [6.45, 7) is 6.51.